The summed E-state index contributed by atoms with van der Waals surface area (Å²) < 4.78 is 80.9. The fourth-order valence-corrected chi connectivity index (χ4v) is 2.62. The van der Waals surface area contributed by atoms with Crippen molar-refractivity contribution in [2.24, 2.45) is 0 Å². The Bertz CT molecular complexity index is 1080. The third-order valence-electron chi connectivity index (χ3n) is 3.82. The predicted octanol–water partition coefficient (Wildman–Crippen LogP) is 5.84. The Kier molecular flexibility index (Phi) is 6.92. The summed E-state index contributed by atoms with van der Waals surface area (Å²) in [6, 6.07) is 10.3. The molecule has 0 aliphatic carbocycles. The lowest BCUT2D eigenvalue weighted by Gasteiger charge is -2.13. The normalized spacial score (nSPS) is 11.8. The second kappa shape index (κ2) is 9.47. The zero-order valence-electron chi connectivity index (χ0n) is 15.9. The molecule has 0 aliphatic heterocycles. The van der Waals surface area contributed by atoms with Crippen molar-refractivity contribution in [3.63, 3.8) is 0 Å². The first kappa shape index (κ1) is 23.4. The maximum Gasteiger partial charge on any atom is 0.422 e. The number of hydrogen-bond donors (Lipinski definition) is 2. The summed E-state index contributed by atoms with van der Waals surface area (Å²) in [6.07, 6.45) is -9.23. The van der Waals surface area contributed by atoms with Gasteiger partial charge in [-0.25, -0.2) is 0 Å². The average molecular weight is 478 g/mol. The van der Waals surface area contributed by atoms with Crippen molar-refractivity contribution in [1.82, 2.24) is 15.0 Å². The molecule has 0 bridgehead atoms. The van der Waals surface area contributed by atoms with E-state index in [-0.39, 0.29) is 24.1 Å². The number of ether oxygens (including phenoxy) is 1. The molecule has 1 aromatic heterocycles. The molecule has 0 saturated carbocycles. The summed E-state index contributed by atoms with van der Waals surface area (Å²) in [5.74, 6) is -0.496. The van der Waals surface area contributed by atoms with Crippen LogP contribution in [0.2, 0.25) is 5.02 Å². The topological polar surface area (TPSA) is 72.0 Å². The van der Waals surface area contributed by atoms with E-state index in [9.17, 15) is 26.3 Å². The van der Waals surface area contributed by atoms with Gasteiger partial charge in [-0.15, -0.1) is 0 Å². The van der Waals surface area contributed by atoms with Crippen molar-refractivity contribution in [1.29, 1.82) is 0 Å². The molecule has 170 valence electrons. The number of halogens is 7. The van der Waals surface area contributed by atoms with E-state index in [1.807, 2.05) is 0 Å². The van der Waals surface area contributed by atoms with Crippen LogP contribution in [0.5, 0.6) is 6.01 Å². The van der Waals surface area contributed by atoms with E-state index in [1.54, 1.807) is 24.3 Å². The van der Waals surface area contributed by atoms with Crippen molar-refractivity contribution >= 4 is 29.2 Å². The van der Waals surface area contributed by atoms with Gasteiger partial charge in [0.1, 0.15) is 0 Å². The van der Waals surface area contributed by atoms with Gasteiger partial charge in [0.2, 0.25) is 11.9 Å². The Hall–Kier alpha value is -3.28. The SMILES string of the molecule is FC(F)(F)COc1nc(NCc2ccccc2Cl)nc(Nc2cccc(C(F)(F)F)c2)n1. The van der Waals surface area contributed by atoms with Crippen LogP contribution in [0, 0.1) is 0 Å². The molecule has 2 N–H and O–H groups in total. The maximum absolute atomic E-state index is 12.9. The Morgan fingerprint density at radius 3 is 2.28 bits per heavy atom. The molecule has 3 rings (SSSR count). The molecular formula is C19H14ClF6N5O. The van der Waals surface area contributed by atoms with Crippen LogP contribution in [-0.2, 0) is 12.7 Å². The van der Waals surface area contributed by atoms with Crippen molar-refractivity contribution in [3.8, 4) is 6.01 Å². The van der Waals surface area contributed by atoms with E-state index in [2.05, 4.69) is 30.3 Å². The second-order valence-corrected chi connectivity index (χ2v) is 6.72. The molecule has 6 nitrogen and oxygen atoms in total. The van der Waals surface area contributed by atoms with Crippen LogP contribution in [0.1, 0.15) is 11.1 Å². The second-order valence-electron chi connectivity index (χ2n) is 6.32. The molecule has 0 unspecified atom stereocenters. The minimum Gasteiger partial charge on any atom is -0.454 e. The van der Waals surface area contributed by atoms with Crippen LogP contribution in [0.15, 0.2) is 48.5 Å². The van der Waals surface area contributed by atoms with Crippen LogP contribution >= 0.6 is 11.6 Å². The molecule has 0 aliphatic rings. The van der Waals surface area contributed by atoms with Gasteiger partial charge in [-0.05, 0) is 29.8 Å². The molecule has 1 heterocycles. The first-order valence-electron chi connectivity index (χ1n) is 8.87. The molecule has 2 aromatic carbocycles. The summed E-state index contributed by atoms with van der Waals surface area (Å²) in [6.45, 7) is -1.55. The molecule has 0 radical (unpaired) electrons. The van der Waals surface area contributed by atoms with Gasteiger partial charge in [-0.2, -0.15) is 41.3 Å². The highest BCUT2D eigenvalue weighted by Crippen LogP contribution is 2.31. The number of anilines is 3. The van der Waals surface area contributed by atoms with E-state index >= 15 is 0 Å². The number of hydrogen-bond acceptors (Lipinski definition) is 6. The third-order valence-corrected chi connectivity index (χ3v) is 4.19. The Labute approximate surface area is 182 Å². The monoisotopic (exact) mass is 477 g/mol. The van der Waals surface area contributed by atoms with Crippen LogP contribution in [-0.4, -0.2) is 27.7 Å². The van der Waals surface area contributed by atoms with E-state index in [1.165, 1.54) is 6.07 Å². The lowest BCUT2D eigenvalue weighted by atomic mass is 10.2. The third kappa shape index (κ3) is 6.87. The molecule has 32 heavy (non-hydrogen) atoms. The van der Waals surface area contributed by atoms with Crippen LogP contribution in [0.3, 0.4) is 0 Å². The summed E-state index contributed by atoms with van der Waals surface area (Å²) in [5, 5.41) is 5.72. The number of nitrogens with one attached hydrogen (secondary N) is 2. The lowest BCUT2D eigenvalue weighted by molar-refractivity contribution is -0.154. The Morgan fingerprint density at radius 1 is 0.875 bits per heavy atom. The van der Waals surface area contributed by atoms with Gasteiger partial charge in [0.15, 0.2) is 6.61 Å². The Balaban J connectivity index is 1.85. The molecule has 13 heteroatoms. The molecule has 0 spiro atoms. The molecule has 0 atom stereocenters. The smallest absolute Gasteiger partial charge is 0.422 e. The first-order valence-corrected chi connectivity index (χ1v) is 9.24. The van der Waals surface area contributed by atoms with Gasteiger partial charge in [0, 0.05) is 17.3 Å². The summed E-state index contributed by atoms with van der Waals surface area (Å²) in [4.78, 5) is 11.4. The zero-order valence-corrected chi connectivity index (χ0v) is 16.7. The minimum atomic E-state index is -4.65. The highest BCUT2D eigenvalue weighted by molar-refractivity contribution is 6.31. The Morgan fingerprint density at radius 2 is 1.59 bits per heavy atom. The molecular weight excluding hydrogens is 464 g/mol. The summed E-state index contributed by atoms with van der Waals surface area (Å²) >= 11 is 6.06. The average Bonchev–Trinajstić information content (AvgIpc) is 2.71. The van der Waals surface area contributed by atoms with Crippen LogP contribution in [0.4, 0.5) is 43.9 Å². The number of nitrogens with zero attached hydrogens (tertiary/aromatic N) is 3. The quantitative estimate of drug-likeness (QED) is 0.417. The van der Waals surface area contributed by atoms with E-state index in [4.69, 9.17) is 11.6 Å². The fraction of sp³-hybridized carbons (Fsp3) is 0.211. The molecule has 0 saturated heterocycles. The summed E-state index contributed by atoms with van der Waals surface area (Å²) in [5.41, 5.74) is -0.313. The van der Waals surface area contributed by atoms with Gasteiger partial charge >= 0.3 is 18.4 Å². The highest BCUT2D eigenvalue weighted by Gasteiger charge is 2.31. The molecule has 0 amide bonds. The van der Waals surface area contributed by atoms with Gasteiger partial charge < -0.3 is 15.4 Å². The lowest BCUT2D eigenvalue weighted by Crippen LogP contribution is -2.21. The number of benzene rings is 2. The van der Waals surface area contributed by atoms with Crippen LogP contribution in [0.25, 0.3) is 0 Å². The molecule has 3 aromatic rings. The van der Waals surface area contributed by atoms with Crippen molar-refractivity contribution in [2.45, 2.75) is 18.9 Å². The summed E-state index contributed by atoms with van der Waals surface area (Å²) in [7, 11) is 0. The van der Waals surface area contributed by atoms with E-state index in [0.29, 0.717) is 10.6 Å². The molecule has 0 fully saturated rings. The van der Waals surface area contributed by atoms with Crippen molar-refractivity contribution in [3.05, 3.63) is 64.7 Å². The van der Waals surface area contributed by atoms with Gasteiger partial charge in [0.25, 0.3) is 0 Å². The number of aromatic nitrogens is 3. The first-order chi connectivity index (χ1) is 15.0. The standard InChI is InChI=1S/C19H14ClF6N5O/c20-14-7-2-1-4-11(14)9-27-15-29-16(31-17(30-15)32-10-18(21,22)23)28-13-6-3-5-12(8-13)19(24,25)26/h1-8H,9-10H2,(H2,27,28,29,30,31). The van der Waals surface area contributed by atoms with Gasteiger partial charge in [0.05, 0.1) is 5.56 Å². The fourth-order valence-electron chi connectivity index (χ4n) is 2.42. The van der Waals surface area contributed by atoms with Crippen LogP contribution < -0.4 is 15.4 Å². The predicted molar refractivity (Wildman–Crippen MR) is 105 cm³/mol. The zero-order chi connectivity index (χ0) is 23.4. The minimum absolute atomic E-state index is 0.0372. The van der Waals surface area contributed by atoms with E-state index in [0.717, 1.165) is 18.2 Å². The van der Waals surface area contributed by atoms with Crippen molar-refractivity contribution in [2.75, 3.05) is 17.2 Å². The number of rotatable bonds is 7. The van der Waals surface area contributed by atoms with E-state index < -0.39 is 30.5 Å². The van der Waals surface area contributed by atoms with Crippen molar-refractivity contribution < 1.29 is 31.1 Å². The highest BCUT2D eigenvalue weighted by atomic mass is 35.5. The number of alkyl halides is 6. The largest absolute Gasteiger partial charge is 0.454 e. The van der Waals surface area contributed by atoms with Gasteiger partial charge in [-0.3, -0.25) is 0 Å². The maximum atomic E-state index is 12.9. The van der Waals surface area contributed by atoms with Gasteiger partial charge in [-0.1, -0.05) is 35.9 Å².